The molecular formula is C16H16BrClFNS. The van der Waals surface area contributed by atoms with Crippen LogP contribution in [0.3, 0.4) is 0 Å². The van der Waals surface area contributed by atoms with Crippen molar-refractivity contribution in [3.8, 4) is 0 Å². The molecule has 112 valence electrons. The molecule has 0 aliphatic rings. The van der Waals surface area contributed by atoms with Crippen LogP contribution in [0.1, 0.15) is 5.56 Å². The molecule has 0 saturated heterocycles. The van der Waals surface area contributed by atoms with Crippen LogP contribution >= 0.6 is 39.3 Å². The summed E-state index contributed by atoms with van der Waals surface area (Å²) in [6, 6.07) is 12.9. The molecule has 1 atom stereocenters. The van der Waals surface area contributed by atoms with E-state index in [-0.39, 0.29) is 11.9 Å². The molecule has 0 aromatic heterocycles. The van der Waals surface area contributed by atoms with E-state index < -0.39 is 0 Å². The first kappa shape index (κ1) is 16.8. The summed E-state index contributed by atoms with van der Waals surface area (Å²) in [4.78, 5) is 1.08. The highest BCUT2D eigenvalue weighted by Crippen LogP contribution is 2.28. The van der Waals surface area contributed by atoms with Gasteiger partial charge in [0.1, 0.15) is 5.82 Å². The van der Waals surface area contributed by atoms with Crippen LogP contribution in [-0.2, 0) is 6.42 Å². The van der Waals surface area contributed by atoms with Crippen molar-refractivity contribution in [1.29, 1.82) is 0 Å². The van der Waals surface area contributed by atoms with Crippen LogP contribution in [0.2, 0.25) is 5.02 Å². The fourth-order valence-corrected chi connectivity index (χ4v) is 3.81. The number of halogens is 3. The van der Waals surface area contributed by atoms with Gasteiger partial charge in [-0.15, -0.1) is 11.8 Å². The van der Waals surface area contributed by atoms with E-state index in [4.69, 9.17) is 11.6 Å². The monoisotopic (exact) mass is 387 g/mol. The van der Waals surface area contributed by atoms with E-state index in [0.29, 0.717) is 0 Å². The van der Waals surface area contributed by atoms with Crippen LogP contribution in [0.5, 0.6) is 0 Å². The van der Waals surface area contributed by atoms with Crippen LogP contribution in [0.4, 0.5) is 4.39 Å². The summed E-state index contributed by atoms with van der Waals surface area (Å²) in [5.41, 5.74) is 1.09. The zero-order chi connectivity index (χ0) is 15.2. The summed E-state index contributed by atoms with van der Waals surface area (Å²) < 4.78 is 13.9. The number of hydrogen-bond acceptors (Lipinski definition) is 2. The minimum atomic E-state index is -0.225. The van der Waals surface area contributed by atoms with Gasteiger partial charge in [-0.3, -0.25) is 0 Å². The number of rotatable bonds is 6. The minimum Gasteiger partial charge on any atom is -0.316 e. The van der Waals surface area contributed by atoms with Crippen molar-refractivity contribution in [3.63, 3.8) is 0 Å². The van der Waals surface area contributed by atoms with Crippen molar-refractivity contribution in [3.05, 3.63) is 63.3 Å². The molecule has 0 saturated carbocycles. The van der Waals surface area contributed by atoms with Crippen LogP contribution in [0.15, 0.2) is 51.8 Å². The fourth-order valence-electron chi connectivity index (χ4n) is 1.95. The second kappa shape index (κ2) is 8.18. The van der Waals surface area contributed by atoms with Gasteiger partial charge in [-0.25, -0.2) is 4.39 Å². The number of hydrogen-bond donors (Lipinski definition) is 1. The summed E-state index contributed by atoms with van der Waals surface area (Å²) in [6.45, 7) is 0. The van der Waals surface area contributed by atoms with Gasteiger partial charge >= 0.3 is 0 Å². The molecule has 5 heteroatoms. The molecule has 0 aliphatic carbocycles. The van der Waals surface area contributed by atoms with Gasteiger partial charge in [0.2, 0.25) is 0 Å². The Hall–Kier alpha value is -0.550. The normalized spacial score (nSPS) is 12.4. The predicted molar refractivity (Wildman–Crippen MR) is 92.8 cm³/mol. The maximum atomic E-state index is 13.1. The number of likely N-dealkylation sites (N-methyl/N-ethyl adjacent to an activating group) is 1. The molecule has 0 radical (unpaired) electrons. The molecule has 2 rings (SSSR count). The van der Waals surface area contributed by atoms with Crippen molar-refractivity contribution in [2.24, 2.45) is 0 Å². The SMILES string of the molecule is CNC(CSc1ccccc1Cl)Cc1ccc(F)cc1Br. The Balaban J connectivity index is 1.99. The molecule has 0 aliphatic heterocycles. The molecule has 21 heavy (non-hydrogen) atoms. The lowest BCUT2D eigenvalue weighted by Crippen LogP contribution is -2.30. The minimum absolute atomic E-state index is 0.225. The van der Waals surface area contributed by atoms with Gasteiger partial charge in [-0.1, -0.05) is 45.7 Å². The zero-order valence-corrected chi connectivity index (χ0v) is 14.7. The summed E-state index contributed by atoms with van der Waals surface area (Å²) in [6.07, 6.45) is 0.828. The van der Waals surface area contributed by atoms with Gasteiger partial charge in [0.15, 0.2) is 0 Å². The third-order valence-corrected chi connectivity index (χ3v) is 5.58. The van der Waals surface area contributed by atoms with Crippen LogP contribution in [0.25, 0.3) is 0 Å². The molecule has 0 spiro atoms. The summed E-state index contributed by atoms with van der Waals surface area (Å²) in [7, 11) is 1.94. The molecule has 0 amide bonds. The Morgan fingerprint density at radius 3 is 2.71 bits per heavy atom. The Morgan fingerprint density at radius 1 is 1.29 bits per heavy atom. The Kier molecular flexibility index (Phi) is 6.55. The van der Waals surface area contributed by atoms with Crippen LogP contribution < -0.4 is 5.32 Å². The van der Waals surface area contributed by atoms with Gasteiger partial charge in [-0.2, -0.15) is 0 Å². The van der Waals surface area contributed by atoms with E-state index in [1.165, 1.54) is 12.1 Å². The quantitative estimate of drug-likeness (QED) is 0.686. The average molecular weight is 389 g/mol. The highest BCUT2D eigenvalue weighted by molar-refractivity contribution is 9.10. The maximum Gasteiger partial charge on any atom is 0.124 e. The van der Waals surface area contributed by atoms with Crippen molar-refractivity contribution in [2.75, 3.05) is 12.8 Å². The molecule has 1 N–H and O–H groups in total. The van der Waals surface area contributed by atoms with Crippen LogP contribution in [-0.4, -0.2) is 18.8 Å². The summed E-state index contributed by atoms with van der Waals surface area (Å²) in [5.74, 6) is 0.668. The van der Waals surface area contributed by atoms with Crippen molar-refractivity contribution in [1.82, 2.24) is 5.32 Å². The zero-order valence-electron chi connectivity index (χ0n) is 11.6. The first-order valence-electron chi connectivity index (χ1n) is 6.58. The third-order valence-electron chi connectivity index (χ3n) is 3.17. The molecule has 0 fully saturated rings. The number of nitrogens with one attached hydrogen (secondary N) is 1. The molecule has 0 heterocycles. The van der Waals surface area contributed by atoms with Gasteiger partial charge in [0.25, 0.3) is 0 Å². The Labute approximate surface area is 142 Å². The van der Waals surface area contributed by atoms with E-state index in [9.17, 15) is 4.39 Å². The van der Waals surface area contributed by atoms with Gasteiger partial charge in [0, 0.05) is 21.2 Å². The second-order valence-corrected chi connectivity index (χ2v) is 6.99. The predicted octanol–water partition coefficient (Wildman–Crippen LogP) is 5.16. The van der Waals surface area contributed by atoms with E-state index in [2.05, 4.69) is 21.2 Å². The van der Waals surface area contributed by atoms with E-state index in [0.717, 1.165) is 32.1 Å². The first-order chi connectivity index (χ1) is 10.1. The van der Waals surface area contributed by atoms with E-state index in [1.54, 1.807) is 11.8 Å². The lowest BCUT2D eigenvalue weighted by Gasteiger charge is -2.17. The van der Waals surface area contributed by atoms with E-state index in [1.807, 2.05) is 37.4 Å². The highest BCUT2D eigenvalue weighted by Gasteiger charge is 2.12. The number of thioether (sulfide) groups is 1. The third kappa shape index (κ3) is 4.99. The first-order valence-corrected chi connectivity index (χ1v) is 8.74. The summed E-state index contributed by atoms with van der Waals surface area (Å²) >= 11 is 11.3. The van der Waals surface area contributed by atoms with Gasteiger partial charge < -0.3 is 5.32 Å². The largest absolute Gasteiger partial charge is 0.316 e. The van der Waals surface area contributed by atoms with E-state index >= 15 is 0 Å². The standard InChI is InChI=1S/C16H16BrClFNS/c1-20-13(8-11-6-7-12(19)9-14(11)17)10-21-16-5-3-2-4-15(16)18/h2-7,9,13,20H,8,10H2,1H3. The van der Waals surface area contributed by atoms with Crippen molar-refractivity contribution >= 4 is 39.3 Å². The fraction of sp³-hybridized carbons (Fsp3) is 0.250. The highest BCUT2D eigenvalue weighted by atomic mass is 79.9. The molecular weight excluding hydrogens is 373 g/mol. The lowest BCUT2D eigenvalue weighted by atomic mass is 10.1. The van der Waals surface area contributed by atoms with Gasteiger partial charge in [-0.05, 0) is 43.3 Å². The maximum absolute atomic E-state index is 13.1. The van der Waals surface area contributed by atoms with Crippen molar-refractivity contribution in [2.45, 2.75) is 17.4 Å². The smallest absolute Gasteiger partial charge is 0.124 e. The second-order valence-electron chi connectivity index (χ2n) is 4.67. The Morgan fingerprint density at radius 2 is 2.05 bits per heavy atom. The molecule has 2 aromatic carbocycles. The molecule has 2 aromatic rings. The average Bonchev–Trinajstić information content (AvgIpc) is 2.47. The molecule has 0 bridgehead atoms. The number of benzene rings is 2. The molecule has 1 unspecified atom stereocenters. The summed E-state index contributed by atoms with van der Waals surface area (Å²) in [5, 5.41) is 4.08. The van der Waals surface area contributed by atoms with Gasteiger partial charge in [0.05, 0.1) is 5.02 Å². The Bertz CT molecular complexity index is 609. The lowest BCUT2D eigenvalue weighted by molar-refractivity contribution is 0.607. The van der Waals surface area contributed by atoms with Crippen LogP contribution in [0, 0.1) is 5.82 Å². The topological polar surface area (TPSA) is 12.0 Å². The van der Waals surface area contributed by atoms with Crippen molar-refractivity contribution < 1.29 is 4.39 Å². The molecule has 1 nitrogen and oxygen atoms in total.